The van der Waals surface area contributed by atoms with Crippen LogP contribution in [-0.2, 0) is 4.74 Å². The highest BCUT2D eigenvalue weighted by molar-refractivity contribution is 5.26. The highest BCUT2D eigenvalue weighted by Crippen LogP contribution is 2.38. The van der Waals surface area contributed by atoms with E-state index in [-0.39, 0.29) is 5.60 Å². The van der Waals surface area contributed by atoms with Gasteiger partial charge in [0, 0.05) is 0 Å². The normalized spacial score (nSPS) is 20.7. The van der Waals surface area contributed by atoms with Crippen LogP contribution in [0.15, 0.2) is 24.3 Å². The molecule has 1 aromatic rings. The number of unbranched alkanes of at least 4 members (excludes halogenated alkanes) is 2. The molecule has 1 aromatic carbocycles. The lowest BCUT2D eigenvalue weighted by atomic mass is 10.0. The Kier molecular flexibility index (Phi) is 4.28. The molecule has 0 amide bonds. The van der Waals surface area contributed by atoms with E-state index in [0.717, 1.165) is 18.8 Å². The van der Waals surface area contributed by atoms with Gasteiger partial charge in [-0.2, -0.15) is 0 Å². The molecule has 1 unspecified atom stereocenters. The van der Waals surface area contributed by atoms with Crippen LogP contribution in [0.3, 0.4) is 0 Å². The van der Waals surface area contributed by atoms with E-state index in [1.54, 1.807) is 0 Å². The third-order valence-corrected chi connectivity index (χ3v) is 3.56. The summed E-state index contributed by atoms with van der Waals surface area (Å²) in [5.74, 6) is 0.979. The first-order valence-electron chi connectivity index (χ1n) is 6.95. The lowest BCUT2D eigenvalue weighted by molar-refractivity contribution is 0.298. The minimum Gasteiger partial charge on any atom is -0.494 e. The minimum atomic E-state index is 0.151. The molecule has 2 rings (SSSR count). The molecule has 0 N–H and O–H groups in total. The second-order valence-electron chi connectivity index (χ2n) is 5.72. The van der Waals surface area contributed by atoms with Crippen LogP contribution < -0.4 is 4.74 Å². The zero-order valence-electron chi connectivity index (χ0n) is 11.7. The van der Waals surface area contributed by atoms with Crippen LogP contribution in [0.1, 0.15) is 45.1 Å². The first kappa shape index (κ1) is 13.4. The molecule has 1 aliphatic rings. The zero-order valence-corrected chi connectivity index (χ0v) is 11.7. The minimum absolute atomic E-state index is 0.151. The van der Waals surface area contributed by atoms with Crippen LogP contribution in [0, 0.1) is 6.92 Å². The molecule has 1 heterocycles. The summed E-state index contributed by atoms with van der Waals surface area (Å²) in [6.45, 7) is 7.24. The number of ether oxygens (including phenoxy) is 2. The molecule has 1 saturated heterocycles. The summed E-state index contributed by atoms with van der Waals surface area (Å²) in [7, 11) is 0. The molecule has 0 spiro atoms. The smallest absolute Gasteiger partial charge is 0.119 e. The fourth-order valence-electron chi connectivity index (χ4n) is 2.17. The average molecular weight is 248 g/mol. The predicted octanol–water partition coefficient (Wildman–Crippen LogP) is 4.11. The number of hydrogen-bond acceptors (Lipinski definition) is 2. The van der Waals surface area contributed by atoms with Gasteiger partial charge in [-0.05, 0) is 52.2 Å². The third kappa shape index (κ3) is 4.02. The number of benzene rings is 1. The molecule has 0 saturated carbocycles. The summed E-state index contributed by atoms with van der Waals surface area (Å²) in [6, 6.07) is 8.25. The Labute approximate surface area is 110 Å². The van der Waals surface area contributed by atoms with Crippen LogP contribution in [0.5, 0.6) is 5.75 Å². The van der Waals surface area contributed by atoms with Gasteiger partial charge in [-0.25, -0.2) is 0 Å². The lowest BCUT2D eigenvalue weighted by Gasteiger charge is -2.06. The number of rotatable bonds is 7. The molecule has 1 fully saturated rings. The van der Waals surface area contributed by atoms with Crippen molar-refractivity contribution >= 4 is 0 Å². The van der Waals surface area contributed by atoms with Crippen LogP contribution in [0.25, 0.3) is 0 Å². The zero-order chi connectivity index (χ0) is 13.0. The van der Waals surface area contributed by atoms with Crippen LogP contribution in [0.4, 0.5) is 0 Å². The molecule has 0 aromatic heterocycles. The van der Waals surface area contributed by atoms with Crippen molar-refractivity contribution in [3.63, 3.8) is 0 Å². The van der Waals surface area contributed by atoms with E-state index in [0.29, 0.717) is 6.10 Å². The first-order chi connectivity index (χ1) is 8.58. The maximum absolute atomic E-state index is 5.69. The second kappa shape index (κ2) is 5.75. The SMILES string of the molecule is Cc1ccc(OCCCCCC2OC2(C)C)cc1. The molecule has 0 radical (unpaired) electrons. The van der Waals surface area contributed by atoms with E-state index >= 15 is 0 Å². The summed E-state index contributed by atoms with van der Waals surface area (Å²) in [5.41, 5.74) is 1.42. The van der Waals surface area contributed by atoms with Crippen molar-refractivity contribution in [1.29, 1.82) is 0 Å². The topological polar surface area (TPSA) is 21.8 Å². The van der Waals surface area contributed by atoms with Gasteiger partial charge in [0.1, 0.15) is 5.75 Å². The van der Waals surface area contributed by atoms with Gasteiger partial charge in [0.15, 0.2) is 0 Å². The Morgan fingerprint density at radius 1 is 1.11 bits per heavy atom. The Morgan fingerprint density at radius 2 is 1.78 bits per heavy atom. The van der Waals surface area contributed by atoms with Gasteiger partial charge in [0.25, 0.3) is 0 Å². The molecule has 2 nitrogen and oxygen atoms in total. The third-order valence-electron chi connectivity index (χ3n) is 3.56. The van der Waals surface area contributed by atoms with E-state index in [4.69, 9.17) is 9.47 Å². The summed E-state index contributed by atoms with van der Waals surface area (Å²) < 4.78 is 11.3. The maximum Gasteiger partial charge on any atom is 0.119 e. The molecule has 2 heteroatoms. The predicted molar refractivity (Wildman–Crippen MR) is 74.1 cm³/mol. The largest absolute Gasteiger partial charge is 0.494 e. The van der Waals surface area contributed by atoms with Gasteiger partial charge in [0.2, 0.25) is 0 Å². The number of aryl methyl sites for hydroxylation is 1. The van der Waals surface area contributed by atoms with Crippen LogP contribution in [0.2, 0.25) is 0 Å². The van der Waals surface area contributed by atoms with Gasteiger partial charge in [-0.3, -0.25) is 0 Å². The standard InChI is InChI=1S/C16H24O2/c1-13-8-10-14(11-9-13)17-12-6-4-5-7-15-16(2,3)18-15/h8-11,15H,4-7,12H2,1-3H3. The van der Waals surface area contributed by atoms with E-state index in [9.17, 15) is 0 Å². The van der Waals surface area contributed by atoms with Crippen molar-refractivity contribution in [2.75, 3.05) is 6.61 Å². The van der Waals surface area contributed by atoms with Crippen molar-refractivity contribution < 1.29 is 9.47 Å². The number of hydrogen-bond donors (Lipinski definition) is 0. The Morgan fingerprint density at radius 3 is 2.39 bits per heavy atom. The summed E-state index contributed by atoms with van der Waals surface area (Å²) in [6.07, 6.45) is 5.28. The average Bonchev–Trinajstić information content (AvgIpc) is 2.94. The Balaban J connectivity index is 1.50. The quantitative estimate of drug-likeness (QED) is 0.535. The van der Waals surface area contributed by atoms with E-state index < -0.39 is 0 Å². The number of epoxide rings is 1. The monoisotopic (exact) mass is 248 g/mol. The van der Waals surface area contributed by atoms with Gasteiger partial charge < -0.3 is 9.47 Å². The Hall–Kier alpha value is -1.02. The Bertz CT molecular complexity index is 367. The molecule has 1 atom stereocenters. The molecular formula is C16H24O2. The molecular weight excluding hydrogens is 224 g/mol. The second-order valence-corrected chi connectivity index (χ2v) is 5.72. The van der Waals surface area contributed by atoms with Gasteiger partial charge in [0.05, 0.1) is 18.3 Å². The maximum atomic E-state index is 5.69. The van der Waals surface area contributed by atoms with Crippen molar-refractivity contribution in [2.45, 2.75) is 58.2 Å². The lowest BCUT2D eigenvalue weighted by Crippen LogP contribution is -2.03. The molecule has 18 heavy (non-hydrogen) atoms. The molecule has 1 aliphatic heterocycles. The fourth-order valence-corrected chi connectivity index (χ4v) is 2.17. The molecule has 0 bridgehead atoms. The van der Waals surface area contributed by atoms with Crippen molar-refractivity contribution in [3.05, 3.63) is 29.8 Å². The van der Waals surface area contributed by atoms with Gasteiger partial charge in [-0.1, -0.05) is 24.1 Å². The van der Waals surface area contributed by atoms with E-state index in [1.165, 1.54) is 24.8 Å². The van der Waals surface area contributed by atoms with E-state index in [1.807, 2.05) is 12.1 Å². The van der Waals surface area contributed by atoms with E-state index in [2.05, 4.69) is 32.9 Å². The van der Waals surface area contributed by atoms with Crippen molar-refractivity contribution in [1.82, 2.24) is 0 Å². The molecule has 0 aliphatic carbocycles. The fraction of sp³-hybridized carbons (Fsp3) is 0.625. The van der Waals surface area contributed by atoms with Crippen LogP contribution in [-0.4, -0.2) is 18.3 Å². The summed E-state index contributed by atoms with van der Waals surface area (Å²) >= 11 is 0. The first-order valence-corrected chi connectivity index (χ1v) is 6.95. The van der Waals surface area contributed by atoms with Gasteiger partial charge >= 0.3 is 0 Å². The van der Waals surface area contributed by atoms with Crippen molar-refractivity contribution in [2.24, 2.45) is 0 Å². The van der Waals surface area contributed by atoms with Crippen LogP contribution >= 0.6 is 0 Å². The molecule has 100 valence electrons. The van der Waals surface area contributed by atoms with Crippen molar-refractivity contribution in [3.8, 4) is 5.75 Å². The summed E-state index contributed by atoms with van der Waals surface area (Å²) in [4.78, 5) is 0. The van der Waals surface area contributed by atoms with Gasteiger partial charge in [-0.15, -0.1) is 0 Å². The highest BCUT2D eigenvalue weighted by Gasteiger charge is 2.46. The summed E-state index contributed by atoms with van der Waals surface area (Å²) in [5, 5.41) is 0. The highest BCUT2D eigenvalue weighted by atomic mass is 16.6.